The second-order valence-corrected chi connectivity index (χ2v) is 3.84. The number of carbonyl (C=O) groups excluding carboxylic acids is 1. The molecule has 0 aromatic carbocycles. The molecule has 66 valence electrons. The van der Waals surface area contributed by atoms with Gasteiger partial charge in [0.05, 0.1) is 17.3 Å². The minimum Gasteiger partial charge on any atom is -0.365 e. The highest BCUT2D eigenvalue weighted by atomic mass is 127. The summed E-state index contributed by atoms with van der Waals surface area (Å²) in [4.78, 5) is 11.0. The van der Waals surface area contributed by atoms with Crippen molar-refractivity contribution >= 4 is 34.0 Å². The van der Waals surface area contributed by atoms with Crippen molar-refractivity contribution in [3.05, 3.63) is 33.7 Å². The molecule has 0 spiro atoms. The van der Waals surface area contributed by atoms with Crippen molar-refractivity contribution in [3.63, 3.8) is 0 Å². The lowest BCUT2D eigenvalue weighted by atomic mass is 10.2. The first-order valence-electron chi connectivity index (χ1n) is 3.61. The summed E-state index contributed by atoms with van der Waals surface area (Å²) in [6.07, 6.45) is 3.28. The van der Waals surface area contributed by atoms with Crippen LogP contribution in [-0.4, -0.2) is 15.5 Å². The molecule has 0 bridgehead atoms. The van der Waals surface area contributed by atoms with Crippen molar-refractivity contribution in [1.82, 2.24) is 9.61 Å². The van der Waals surface area contributed by atoms with Gasteiger partial charge in [-0.15, -0.1) is 0 Å². The number of aromatic nitrogens is 2. The Morgan fingerprint density at radius 2 is 2.38 bits per heavy atom. The average molecular weight is 287 g/mol. The van der Waals surface area contributed by atoms with Gasteiger partial charge in [-0.3, -0.25) is 4.79 Å². The van der Waals surface area contributed by atoms with Crippen molar-refractivity contribution in [2.75, 3.05) is 0 Å². The molecule has 2 rings (SSSR count). The van der Waals surface area contributed by atoms with E-state index in [2.05, 4.69) is 27.7 Å². The molecular weight excluding hydrogens is 281 g/mol. The van der Waals surface area contributed by atoms with Gasteiger partial charge in [-0.1, -0.05) is 0 Å². The highest BCUT2D eigenvalue weighted by Crippen LogP contribution is 2.13. The van der Waals surface area contributed by atoms with Gasteiger partial charge in [0.25, 0.3) is 5.91 Å². The van der Waals surface area contributed by atoms with Crippen molar-refractivity contribution in [2.45, 2.75) is 0 Å². The first-order valence-corrected chi connectivity index (χ1v) is 4.69. The minimum atomic E-state index is -0.447. The van der Waals surface area contributed by atoms with E-state index in [9.17, 15) is 4.79 Å². The van der Waals surface area contributed by atoms with Gasteiger partial charge in [0, 0.05) is 9.77 Å². The van der Waals surface area contributed by atoms with Gasteiger partial charge in [-0.2, -0.15) is 5.10 Å². The van der Waals surface area contributed by atoms with E-state index in [0.717, 1.165) is 9.09 Å². The second kappa shape index (κ2) is 2.99. The smallest absolute Gasteiger partial charge is 0.252 e. The predicted molar refractivity (Wildman–Crippen MR) is 56.4 cm³/mol. The van der Waals surface area contributed by atoms with Crippen LogP contribution >= 0.6 is 22.6 Å². The average Bonchev–Trinajstić information content (AvgIpc) is 2.46. The molecule has 0 fully saturated rings. The molecule has 0 saturated heterocycles. The summed E-state index contributed by atoms with van der Waals surface area (Å²) in [5.41, 5.74) is 6.39. The van der Waals surface area contributed by atoms with Crippen LogP contribution in [0.1, 0.15) is 10.4 Å². The summed E-state index contributed by atoms with van der Waals surface area (Å²) < 4.78 is 2.68. The van der Waals surface area contributed by atoms with E-state index in [1.54, 1.807) is 10.7 Å². The highest BCUT2D eigenvalue weighted by Gasteiger charge is 2.08. The largest absolute Gasteiger partial charge is 0.365 e. The normalized spacial score (nSPS) is 10.5. The first kappa shape index (κ1) is 8.49. The Labute approximate surface area is 87.9 Å². The summed E-state index contributed by atoms with van der Waals surface area (Å²) in [5.74, 6) is -0.447. The monoisotopic (exact) mass is 287 g/mol. The summed E-state index contributed by atoms with van der Waals surface area (Å²) in [6, 6.07) is 3.78. The quantitative estimate of drug-likeness (QED) is 0.797. The summed E-state index contributed by atoms with van der Waals surface area (Å²) in [7, 11) is 0. The van der Waals surface area contributed by atoms with Crippen LogP contribution in [0.25, 0.3) is 5.52 Å². The molecule has 0 atom stereocenters. The zero-order chi connectivity index (χ0) is 9.42. The lowest BCUT2D eigenvalue weighted by molar-refractivity contribution is 0.100. The SMILES string of the molecule is NC(=O)c1cnn2ccc(I)cc12. The fourth-order valence-corrected chi connectivity index (χ4v) is 1.60. The van der Waals surface area contributed by atoms with Crippen molar-refractivity contribution in [1.29, 1.82) is 0 Å². The molecule has 0 aliphatic carbocycles. The lowest BCUT2D eigenvalue weighted by Gasteiger charge is -1.94. The van der Waals surface area contributed by atoms with Gasteiger partial charge in [0.15, 0.2) is 0 Å². The van der Waals surface area contributed by atoms with Crippen LogP contribution in [0.4, 0.5) is 0 Å². The fourth-order valence-electron chi connectivity index (χ4n) is 1.14. The molecule has 0 aliphatic rings. The zero-order valence-corrected chi connectivity index (χ0v) is 8.72. The number of halogens is 1. The molecule has 13 heavy (non-hydrogen) atoms. The molecule has 2 aromatic rings. The molecular formula is C8H6IN3O. The Balaban J connectivity index is 2.79. The Bertz CT molecular complexity index is 477. The Kier molecular flexibility index (Phi) is 1.95. The second-order valence-electron chi connectivity index (χ2n) is 2.60. The van der Waals surface area contributed by atoms with Gasteiger partial charge in [0.2, 0.25) is 0 Å². The van der Waals surface area contributed by atoms with E-state index < -0.39 is 5.91 Å². The van der Waals surface area contributed by atoms with Gasteiger partial charge in [-0.25, -0.2) is 4.52 Å². The Hall–Kier alpha value is -1.11. The molecule has 1 amide bonds. The summed E-state index contributed by atoms with van der Waals surface area (Å²) in [6.45, 7) is 0. The summed E-state index contributed by atoms with van der Waals surface area (Å²) >= 11 is 2.17. The number of carbonyl (C=O) groups is 1. The van der Waals surface area contributed by atoms with Crippen molar-refractivity contribution < 1.29 is 4.79 Å². The first-order chi connectivity index (χ1) is 6.18. The van der Waals surface area contributed by atoms with Gasteiger partial charge >= 0.3 is 0 Å². The molecule has 2 N–H and O–H groups in total. The van der Waals surface area contributed by atoms with E-state index in [1.807, 2.05) is 12.1 Å². The third-order valence-corrected chi connectivity index (χ3v) is 2.42. The number of pyridine rings is 1. The third kappa shape index (κ3) is 1.39. The van der Waals surface area contributed by atoms with Crippen LogP contribution in [0.3, 0.4) is 0 Å². The zero-order valence-electron chi connectivity index (χ0n) is 6.57. The number of primary amides is 1. The summed E-state index contributed by atoms with van der Waals surface area (Å²) in [5, 5.41) is 3.99. The molecule has 0 saturated carbocycles. The highest BCUT2D eigenvalue weighted by molar-refractivity contribution is 14.1. The van der Waals surface area contributed by atoms with Crippen LogP contribution in [0.2, 0.25) is 0 Å². The molecule has 4 nitrogen and oxygen atoms in total. The fraction of sp³-hybridized carbons (Fsp3) is 0. The Morgan fingerprint density at radius 3 is 3.08 bits per heavy atom. The van der Waals surface area contributed by atoms with E-state index in [1.165, 1.54) is 6.20 Å². The number of hydrogen-bond donors (Lipinski definition) is 1. The maximum Gasteiger partial charge on any atom is 0.252 e. The number of nitrogens with two attached hydrogens (primary N) is 1. The van der Waals surface area contributed by atoms with Gasteiger partial charge in [0.1, 0.15) is 0 Å². The molecule has 0 aliphatic heterocycles. The lowest BCUT2D eigenvalue weighted by Crippen LogP contribution is -2.10. The van der Waals surface area contributed by atoms with Crippen molar-refractivity contribution in [2.24, 2.45) is 5.73 Å². The van der Waals surface area contributed by atoms with Gasteiger partial charge in [-0.05, 0) is 34.7 Å². The Morgan fingerprint density at radius 1 is 1.62 bits per heavy atom. The third-order valence-electron chi connectivity index (χ3n) is 1.75. The van der Waals surface area contributed by atoms with E-state index >= 15 is 0 Å². The van der Waals surface area contributed by atoms with Gasteiger partial charge < -0.3 is 5.73 Å². The van der Waals surface area contributed by atoms with Crippen LogP contribution in [0, 0.1) is 3.57 Å². The van der Waals surface area contributed by atoms with Crippen molar-refractivity contribution in [3.8, 4) is 0 Å². The molecule has 2 aromatic heterocycles. The predicted octanol–water partition coefficient (Wildman–Crippen LogP) is 1.04. The van der Waals surface area contributed by atoms with Crippen LogP contribution in [0.5, 0.6) is 0 Å². The maximum absolute atomic E-state index is 11.0. The van der Waals surface area contributed by atoms with Crippen LogP contribution in [0.15, 0.2) is 24.5 Å². The number of rotatable bonds is 1. The van der Waals surface area contributed by atoms with E-state index in [0.29, 0.717) is 5.56 Å². The molecule has 0 unspecified atom stereocenters. The number of fused-ring (bicyclic) bond motifs is 1. The number of amides is 1. The van der Waals surface area contributed by atoms with Crippen LogP contribution < -0.4 is 5.73 Å². The molecule has 5 heteroatoms. The topological polar surface area (TPSA) is 60.4 Å². The van der Waals surface area contributed by atoms with Crippen LogP contribution in [-0.2, 0) is 0 Å². The number of nitrogens with zero attached hydrogens (tertiary/aromatic N) is 2. The van der Waals surface area contributed by atoms with E-state index in [4.69, 9.17) is 5.73 Å². The van der Waals surface area contributed by atoms with E-state index in [-0.39, 0.29) is 0 Å². The maximum atomic E-state index is 11.0. The standard InChI is InChI=1S/C8H6IN3O/c9-5-1-2-12-7(3-5)6(4-11-12)8(10)13/h1-4H,(H2,10,13). The molecule has 2 heterocycles. The molecule has 0 radical (unpaired) electrons. The number of hydrogen-bond acceptors (Lipinski definition) is 2. The minimum absolute atomic E-state index is 0.447.